The second-order valence-corrected chi connectivity index (χ2v) is 9.33. The Morgan fingerprint density at radius 1 is 1.22 bits per heavy atom. The first-order chi connectivity index (χ1) is 17.5. The summed E-state index contributed by atoms with van der Waals surface area (Å²) in [6, 6.07) is 8.14. The molecule has 1 aromatic carbocycles. The van der Waals surface area contributed by atoms with Crippen LogP contribution in [0.1, 0.15) is 44.7 Å². The highest BCUT2D eigenvalue weighted by Crippen LogP contribution is 2.41. The van der Waals surface area contributed by atoms with E-state index in [9.17, 15) is 10.4 Å². The van der Waals surface area contributed by atoms with Gasteiger partial charge in [-0.25, -0.2) is 4.98 Å². The zero-order chi connectivity index (χ0) is 25.2. The Balaban J connectivity index is 0.000000765. The molecular weight excluding hydrogens is 492 g/mol. The standard InChI is InChI=1S/C24H20N6O2S.CH2O2.CH4/c25-8-13-1-2-14-10-29-33-23(14)21(13)20-7-18-19(11-27-24(26)22(18)32-20)15-9-28-30(12-15)16-3-5-17(31)6-4-16;2-1-3;/h1-2,7,9-12,16-17,31H,3-6H2,(H2,26,27);1H,(H,2,3);1H4. The molecule has 0 bridgehead atoms. The lowest BCUT2D eigenvalue weighted by molar-refractivity contribution is -0.122. The molecule has 37 heavy (non-hydrogen) atoms. The predicted octanol–water partition coefficient (Wildman–Crippen LogP) is 5.23. The average molecular weight is 519 g/mol. The highest BCUT2D eigenvalue weighted by atomic mass is 32.1. The lowest BCUT2D eigenvalue weighted by atomic mass is 9.93. The lowest BCUT2D eigenvalue weighted by Gasteiger charge is -2.25. The minimum Gasteiger partial charge on any atom is -0.483 e. The predicted molar refractivity (Wildman–Crippen MR) is 142 cm³/mol. The number of pyridine rings is 1. The average Bonchev–Trinajstić information content (AvgIpc) is 3.64. The van der Waals surface area contributed by atoms with Gasteiger partial charge in [-0.05, 0) is 49.3 Å². The van der Waals surface area contributed by atoms with Gasteiger partial charge in [0.25, 0.3) is 6.47 Å². The summed E-state index contributed by atoms with van der Waals surface area (Å²) in [5.41, 5.74) is 9.68. The van der Waals surface area contributed by atoms with Crippen LogP contribution in [0.5, 0.6) is 0 Å². The normalized spacial score (nSPS) is 17.0. The summed E-state index contributed by atoms with van der Waals surface area (Å²) in [5, 5.41) is 32.8. The van der Waals surface area contributed by atoms with E-state index in [1.54, 1.807) is 18.5 Å². The van der Waals surface area contributed by atoms with E-state index in [0.29, 0.717) is 22.7 Å². The molecule has 0 saturated heterocycles. The third kappa shape index (κ3) is 4.76. The molecule has 1 aliphatic rings. The van der Waals surface area contributed by atoms with Crippen LogP contribution < -0.4 is 5.73 Å². The number of nitrogens with two attached hydrogens (primary N) is 1. The molecule has 11 heteroatoms. The number of anilines is 1. The van der Waals surface area contributed by atoms with Gasteiger partial charge in [-0.2, -0.15) is 14.7 Å². The number of carbonyl (C=O) groups is 1. The molecule has 0 amide bonds. The van der Waals surface area contributed by atoms with Crippen LogP contribution in [0.25, 0.3) is 43.5 Å². The molecule has 4 heterocycles. The fourth-order valence-corrected chi connectivity index (χ4v) is 5.47. The van der Waals surface area contributed by atoms with Crippen molar-refractivity contribution in [1.82, 2.24) is 19.1 Å². The number of aliphatic hydroxyl groups excluding tert-OH is 1. The molecule has 4 N–H and O–H groups in total. The molecule has 0 spiro atoms. The Hall–Kier alpha value is -4.27. The maximum absolute atomic E-state index is 9.80. The number of rotatable bonds is 3. The van der Waals surface area contributed by atoms with E-state index < -0.39 is 0 Å². The molecule has 0 aliphatic heterocycles. The molecule has 0 unspecified atom stereocenters. The van der Waals surface area contributed by atoms with Crippen molar-refractivity contribution in [3.05, 3.63) is 48.5 Å². The van der Waals surface area contributed by atoms with E-state index in [1.807, 2.05) is 29.2 Å². The third-order valence-corrected chi connectivity index (χ3v) is 7.26. The van der Waals surface area contributed by atoms with Crippen molar-refractivity contribution in [2.24, 2.45) is 0 Å². The first-order valence-corrected chi connectivity index (χ1v) is 12.1. The number of hydrogen-bond donors (Lipinski definition) is 3. The van der Waals surface area contributed by atoms with Crippen LogP contribution in [0.2, 0.25) is 0 Å². The van der Waals surface area contributed by atoms with Crippen LogP contribution in [0.3, 0.4) is 0 Å². The summed E-state index contributed by atoms with van der Waals surface area (Å²) in [6.07, 6.45) is 10.6. The molecule has 1 aliphatic carbocycles. The highest BCUT2D eigenvalue weighted by molar-refractivity contribution is 7.14. The maximum atomic E-state index is 9.80. The Kier molecular flexibility index (Phi) is 7.52. The second-order valence-electron chi connectivity index (χ2n) is 8.53. The van der Waals surface area contributed by atoms with Crippen molar-refractivity contribution < 1.29 is 19.4 Å². The first kappa shape index (κ1) is 25.8. The van der Waals surface area contributed by atoms with Gasteiger partial charge in [-0.3, -0.25) is 9.48 Å². The van der Waals surface area contributed by atoms with Gasteiger partial charge in [0.05, 0.1) is 40.2 Å². The van der Waals surface area contributed by atoms with Gasteiger partial charge >= 0.3 is 0 Å². The van der Waals surface area contributed by atoms with Crippen LogP contribution in [-0.2, 0) is 4.79 Å². The number of nitrogen functional groups attached to an aromatic ring is 1. The van der Waals surface area contributed by atoms with Crippen molar-refractivity contribution in [3.8, 4) is 28.5 Å². The van der Waals surface area contributed by atoms with E-state index >= 15 is 0 Å². The molecule has 4 aromatic heterocycles. The van der Waals surface area contributed by atoms with Gasteiger partial charge in [0, 0.05) is 40.5 Å². The van der Waals surface area contributed by atoms with Gasteiger partial charge in [-0.15, -0.1) is 0 Å². The SMILES string of the molecule is C.N#Cc1ccc2cnsc2c1-c1cc2c(-c3cnn(C4CCC(O)CC4)c3)cnc(N)c2o1.O=CO. The summed E-state index contributed by atoms with van der Waals surface area (Å²) >= 11 is 1.33. The molecular formula is C26H26N6O4S. The zero-order valence-corrected chi connectivity index (χ0v) is 19.9. The Morgan fingerprint density at radius 3 is 2.70 bits per heavy atom. The number of carboxylic acid groups (broad SMARTS) is 1. The van der Waals surface area contributed by atoms with Crippen LogP contribution in [0.15, 0.2) is 47.4 Å². The quantitative estimate of drug-likeness (QED) is 0.271. The highest BCUT2D eigenvalue weighted by Gasteiger charge is 2.23. The number of benzene rings is 1. The molecule has 190 valence electrons. The lowest BCUT2D eigenvalue weighted by Crippen LogP contribution is -2.21. The number of furan rings is 1. The summed E-state index contributed by atoms with van der Waals surface area (Å²) in [4.78, 5) is 12.7. The summed E-state index contributed by atoms with van der Waals surface area (Å²) in [5.74, 6) is 0.856. The molecule has 0 atom stereocenters. The number of aromatic nitrogens is 4. The van der Waals surface area contributed by atoms with Crippen LogP contribution in [0, 0.1) is 11.3 Å². The van der Waals surface area contributed by atoms with E-state index in [2.05, 4.69) is 20.5 Å². The molecule has 1 saturated carbocycles. The number of nitrogens with zero attached hydrogens (tertiary/aromatic N) is 5. The summed E-state index contributed by atoms with van der Waals surface area (Å²) in [7, 11) is 0. The van der Waals surface area contributed by atoms with Crippen molar-refractivity contribution in [2.45, 2.75) is 45.3 Å². The fourth-order valence-electron chi connectivity index (χ4n) is 4.67. The van der Waals surface area contributed by atoms with Crippen LogP contribution in [-0.4, -0.2) is 41.9 Å². The monoisotopic (exact) mass is 518 g/mol. The van der Waals surface area contributed by atoms with Crippen molar-refractivity contribution in [3.63, 3.8) is 0 Å². The maximum Gasteiger partial charge on any atom is 0.290 e. The number of nitriles is 1. The molecule has 10 nitrogen and oxygen atoms in total. The van der Waals surface area contributed by atoms with E-state index in [4.69, 9.17) is 20.1 Å². The van der Waals surface area contributed by atoms with Crippen LogP contribution >= 0.6 is 11.5 Å². The summed E-state index contributed by atoms with van der Waals surface area (Å²) in [6.45, 7) is -0.250. The van der Waals surface area contributed by atoms with E-state index in [0.717, 1.165) is 57.8 Å². The zero-order valence-electron chi connectivity index (χ0n) is 19.0. The minimum absolute atomic E-state index is 0. The Morgan fingerprint density at radius 2 is 1.97 bits per heavy atom. The Labute approximate surface area is 216 Å². The summed E-state index contributed by atoms with van der Waals surface area (Å²) < 4.78 is 13.3. The van der Waals surface area contributed by atoms with E-state index in [1.165, 1.54) is 11.5 Å². The van der Waals surface area contributed by atoms with Gasteiger partial charge in [0.15, 0.2) is 11.4 Å². The third-order valence-electron chi connectivity index (χ3n) is 6.43. The van der Waals surface area contributed by atoms with Gasteiger partial charge < -0.3 is 20.4 Å². The van der Waals surface area contributed by atoms with Gasteiger partial charge in [0.1, 0.15) is 5.76 Å². The largest absolute Gasteiger partial charge is 0.483 e. The van der Waals surface area contributed by atoms with Gasteiger partial charge in [-0.1, -0.05) is 13.5 Å². The van der Waals surface area contributed by atoms with Gasteiger partial charge in [0.2, 0.25) is 0 Å². The molecule has 6 rings (SSSR count). The smallest absolute Gasteiger partial charge is 0.290 e. The molecule has 1 fully saturated rings. The topological polar surface area (TPSA) is 164 Å². The number of fused-ring (bicyclic) bond motifs is 2. The van der Waals surface area contributed by atoms with Crippen molar-refractivity contribution >= 4 is 44.9 Å². The Bertz CT molecular complexity index is 1590. The number of hydrogen-bond acceptors (Lipinski definition) is 9. The molecule has 0 radical (unpaired) electrons. The molecule has 5 aromatic rings. The van der Waals surface area contributed by atoms with Crippen LogP contribution in [0.4, 0.5) is 5.82 Å². The van der Waals surface area contributed by atoms with E-state index in [-0.39, 0.29) is 26.0 Å². The second kappa shape index (κ2) is 10.8. The minimum atomic E-state index is -0.250. The van der Waals surface area contributed by atoms with Crippen molar-refractivity contribution in [2.75, 3.05) is 5.73 Å². The van der Waals surface area contributed by atoms with Crippen molar-refractivity contribution in [1.29, 1.82) is 5.26 Å². The first-order valence-electron chi connectivity index (χ1n) is 11.3. The number of aliphatic hydroxyl groups is 1. The fraction of sp³-hybridized carbons (Fsp3) is 0.269.